The second-order valence-electron chi connectivity index (χ2n) is 13.5. The predicted octanol–water partition coefficient (Wildman–Crippen LogP) is 10.4. The molecule has 0 fully saturated rings. The molecular formula is C44H38Cl4N8O8. The minimum atomic E-state index is -1.65. The molecule has 4 N–H and O–H groups in total. The molecule has 0 bridgehead atoms. The van der Waals surface area contributed by atoms with E-state index in [0.29, 0.717) is 22.5 Å². The number of methoxy groups -OCH3 is 2. The zero-order valence-corrected chi connectivity index (χ0v) is 37.4. The van der Waals surface area contributed by atoms with E-state index in [2.05, 4.69) is 41.7 Å². The molecule has 330 valence electrons. The highest BCUT2D eigenvalue weighted by Gasteiger charge is 2.28. The molecule has 4 amide bonds. The number of amides is 4. The number of anilines is 4. The van der Waals surface area contributed by atoms with Crippen LogP contribution in [0.5, 0.6) is 11.5 Å². The fourth-order valence-electron chi connectivity index (χ4n) is 5.78. The maximum Gasteiger partial charge on any atom is 0.258 e. The Kier molecular flexibility index (Phi) is 17.0. The summed E-state index contributed by atoms with van der Waals surface area (Å²) in [5.41, 5.74) is 2.73. The number of halogens is 4. The zero-order chi connectivity index (χ0) is 46.5. The SMILES string of the molecule is COc1cc(NC(=O)C(N=Nc2ccc(Cl)c(C(=O)Nc3ccccc3CCl)c2)C(C)=O)c(OC)cc1NC(=O)C(N=Nc1ccc(Cl)c(C(=O)Nc2ccccc2CCl)c1)C(C)=O. The fraction of sp³-hybridized carbons (Fsp3) is 0.182. The second kappa shape index (κ2) is 22.6. The number of azo groups is 2. The lowest BCUT2D eigenvalue weighted by Gasteiger charge is -2.18. The van der Waals surface area contributed by atoms with Crippen molar-refractivity contribution >= 4 is 116 Å². The van der Waals surface area contributed by atoms with Crippen LogP contribution in [0, 0.1) is 0 Å². The molecule has 0 spiro atoms. The molecule has 0 heterocycles. The average molecular weight is 949 g/mol. The second-order valence-corrected chi connectivity index (χ2v) is 14.9. The highest BCUT2D eigenvalue weighted by molar-refractivity contribution is 6.35. The molecule has 20 heteroatoms. The molecule has 0 saturated heterocycles. The highest BCUT2D eigenvalue weighted by atomic mass is 35.5. The van der Waals surface area contributed by atoms with Crippen LogP contribution in [0.3, 0.4) is 0 Å². The van der Waals surface area contributed by atoms with E-state index in [0.717, 1.165) is 13.8 Å². The van der Waals surface area contributed by atoms with Crippen LogP contribution in [0.25, 0.3) is 0 Å². The van der Waals surface area contributed by atoms with Gasteiger partial charge in [0, 0.05) is 35.3 Å². The van der Waals surface area contributed by atoms with Crippen molar-refractivity contribution in [3.05, 3.63) is 129 Å². The first-order valence-corrected chi connectivity index (χ1v) is 20.7. The number of para-hydroxylation sites is 2. The predicted molar refractivity (Wildman–Crippen MR) is 246 cm³/mol. The molecule has 5 aromatic rings. The van der Waals surface area contributed by atoms with Crippen LogP contribution < -0.4 is 30.7 Å². The Bertz CT molecular complexity index is 2500. The van der Waals surface area contributed by atoms with Crippen molar-refractivity contribution in [1.29, 1.82) is 0 Å². The van der Waals surface area contributed by atoms with Gasteiger partial charge in [-0.15, -0.1) is 23.2 Å². The number of ketones is 2. The fourth-order valence-corrected chi connectivity index (χ4v) is 6.65. The van der Waals surface area contributed by atoms with E-state index >= 15 is 0 Å². The number of benzene rings is 5. The smallest absolute Gasteiger partial charge is 0.258 e. The summed E-state index contributed by atoms with van der Waals surface area (Å²) in [6.07, 6.45) is 0. The highest BCUT2D eigenvalue weighted by Crippen LogP contribution is 2.37. The first kappa shape index (κ1) is 48.3. The molecule has 2 unspecified atom stereocenters. The number of alkyl halides is 2. The molecule has 0 radical (unpaired) electrons. The van der Waals surface area contributed by atoms with Gasteiger partial charge in [-0.2, -0.15) is 20.5 Å². The number of hydrogen-bond acceptors (Lipinski definition) is 12. The number of Topliss-reactive ketones (excluding diaryl/α,β-unsaturated/α-hetero) is 2. The lowest BCUT2D eigenvalue weighted by atomic mass is 10.1. The number of carbonyl (C=O) groups excluding carboxylic acids is 6. The Morgan fingerprint density at radius 3 is 1.25 bits per heavy atom. The quantitative estimate of drug-likeness (QED) is 0.0375. The van der Waals surface area contributed by atoms with Gasteiger partial charge in [0.25, 0.3) is 23.6 Å². The van der Waals surface area contributed by atoms with Crippen molar-refractivity contribution < 1.29 is 38.2 Å². The average Bonchev–Trinajstić information content (AvgIpc) is 3.27. The van der Waals surface area contributed by atoms with Crippen molar-refractivity contribution in [2.24, 2.45) is 20.5 Å². The summed E-state index contributed by atoms with van der Waals surface area (Å²) < 4.78 is 10.9. The van der Waals surface area contributed by atoms with Gasteiger partial charge in [-0.05, 0) is 73.5 Å². The molecule has 16 nitrogen and oxygen atoms in total. The first-order valence-electron chi connectivity index (χ1n) is 18.9. The van der Waals surface area contributed by atoms with E-state index in [9.17, 15) is 28.8 Å². The van der Waals surface area contributed by atoms with E-state index < -0.39 is 47.3 Å². The third kappa shape index (κ3) is 12.3. The Morgan fingerprint density at radius 1 is 0.531 bits per heavy atom. The molecule has 5 rings (SSSR count). The van der Waals surface area contributed by atoms with Gasteiger partial charge in [0.15, 0.2) is 11.6 Å². The van der Waals surface area contributed by atoms with E-state index in [1.807, 2.05) is 0 Å². The summed E-state index contributed by atoms with van der Waals surface area (Å²) >= 11 is 24.7. The minimum absolute atomic E-state index is 0.00873. The molecule has 0 saturated carbocycles. The van der Waals surface area contributed by atoms with Gasteiger partial charge in [-0.25, -0.2) is 0 Å². The Hall–Kier alpha value is -6.72. The maximum atomic E-state index is 13.5. The van der Waals surface area contributed by atoms with E-state index in [-0.39, 0.29) is 67.2 Å². The van der Waals surface area contributed by atoms with Crippen LogP contribution in [-0.2, 0) is 30.9 Å². The summed E-state index contributed by atoms with van der Waals surface area (Å²) in [5, 5.41) is 26.9. The van der Waals surface area contributed by atoms with Gasteiger partial charge < -0.3 is 30.7 Å². The normalized spacial score (nSPS) is 12.0. The third-order valence-corrected chi connectivity index (χ3v) is 10.3. The number of nitrogens with one attached hydrogen (secondary N) is 4. The van der Waals surface area contributed by atoms with Gasteiger partial charge in [-0.3, -0.25) is 28.8 Å². The summed E-state index contributed by atoms with van der Waals surface area (Å²) in [6, 6.07) is 21.7. The van der Waals surface area contributed by atoms with Gasteiger partial charge >= 0.3 is 0 Å². The molecule has 2 atom stereocenters. The van der Waals surface area contributed by atoms with E-state index in [1.54, 1.807) is 48.5 Å². The Balaban J connectivity index is 1.31. The van der Waals surface area contributed by atoms with Crippen LogP contribution >= 0.6 is 46.4 Å². The first-order chi connectivity index (χ1) is 30.7. The lowest BCUT2D eigenvalue weighted by molar-refractivity contribution is -0.127. The maximum absolute atomic E-state index is 13.5. The lowest BCUT2D eigenvalue weighted by Crippen LogP contribution is -2.32. The van der Waals surface area contributed by atoms with Crippen LogP contribution in [-0.4, -0.2) is 61.5 Å². The molecule has 0 aliphatic rings. The number of ether oxygens (including phenoxy) is 2. The van der Waals surface area contributed by atoms with Crippen molar-refractivity contribution in [3.8, 4) is 11.5 Å². The van der Waals surface area contributed by atoms with E-state index in [4.69, 9.17) is 55.9 Å². The van der Waals surface area contributed by atoms with Crippen molar-refractivity contribution in [1.82, 2.24) is 0 Å². The van der Waals surface area contributed by atoms with E-state index in [1.165, 1.54) is 62.8 Å². The van der Waals surface area contributed by atoms with Crippen LogP contribution in [0.2, 0.25) is 10.0 Å². The third-order valence-electron chi connectivity index (χ3n) is 9.09. The molecule has 5 aromatic carbocycles. The largest absolute Gasteiger partial charge is 0.494 e. The monoisotopic (exact) mass is 946 g/mol. The number of nitrogens with zero attached hydrogens (tertiary/aromatic N) is 4. The zero-order valence-electron chi connectivity index (χ0n) is 34.4. The standard InChI is InChI=1S/C44H38Cl4N8O8/c1-23(57)39(55-53-27-13-15-31(47)29(17-27)41(59)49-33-11-7-5-9-25(33)21-45)43(61)51-35-19-38(64-4)36(20-37(35)63-3)52-44(62)40(24(2)58)56-54-28-14-16-32(48)30(18-28)42(60)50-34-12-8-6-10-26(34)22-46/h5-20,39-40H,21-22H2,1-4H3,(H,49,59)(H,50,60)(H,51,61)(H,52,62). The minimum Gasteiger partial charge on any atom is -0.494 e. The summed E-state index contributed by atoms with van der Waals surface area (Å²) in [7, 11) is 2.58. The molecule has 0 aliphatic carbocycles. The van der Waals surface area contributed by atoms with Crippen molar-refractivity contribution in [2.45, 2.75) is 37.7 Å². The number of hydrogen-bond donors (Lipinski definition) is 4. The molecule has 64 heavy (non-hydrogen) atoms. The Morgan fingerprint density at radius 2 is 0.906 bits per heavy atom. The van der Waals surface area contributed by atoms with Gasteiger partial charge in [-0.1, -0.05) is 59.6 Å². The summed E-state index contributed by atoms with van der Waals surface area (Å²) in [4.78, 5) is 78.6. The number of carbonyl (C=O) groups is 6. The Labute approximate surface area is 386 Å². The van der Waals surface area contributed by atoms with Gasteiger partial charge in [0.05, 0.1) is 58.1 Å². The summed E-state index contributed by atoms with van der Waals surface area (Å²) in [5.74, 6) is -3.92. The topological polar surface area (TPSA) is 218 Å². The number of rotatable bonds is 18. The van der Waals surface area contributed by atoms with Gasteiger partial charge in [0.2, 0.25) is 12.1 Å². The van der Waals surface area contributed by atoms with Gasteiger partial charge in [0.1, 0.15) is 11.5 Å². The summed E-state index contributed by atoms with van der Waals surface area (Å²) in [6.45, 7) is 2.29. The van der Waals surface area contributed by atoms with Crippen LogP contribution in [0.4, 0.5) is 34.1 Å². The molecule has 0 aromatic heterocycles. The van der Waals surface area contributed by atoms with Crippen molar-refractivity contribution in [3.63, 3.8) is 0 Å². The van der Waals surface area contributed by atoms with Crippen LogP contribution in [0.1, 0.15) is 45.7 Å². The molecule has 0 aliphatic heterocycles. The van der Waals surface area contributed by atoms with Crippen LogP contribution in [0.15, 0.2) is 118 Å². The van der Waals surface area contributed by atoms with Crippen molar-refractivity contribution in [2.75, 3.05) is 35.5 Å². The molecular weight excluding hydrogens is 910 g/mol.